The summed E-state index contributed by atoms with van der Waals surface area (Å²) in [5.74, 6) is -2.88. The van der Waals surface area contributed by atoms with Crippen molar-refractivity contribution in [1.82, 2.24) is 15.0 Å². The molecule has 3 N–H and O–H groups in total. The van der Waals surface area contributed by atoms with Gasteiger partial charge in [-0.15, -0.1) is 5.10 Å². The topological polar surface area (TPSA) is 163 Å². The summed E-state index contributed by atoms with van der Waals surface area (Å²) >= 11 is 3.35. The third-order valence-electron chi connectivity index (χ3n) is 7.63. The molecule has 2 aliphatic heterocycles. The number of aliphatic hydroxyl groups excluding tert-OH is 3. The van der Waals surface area contributed by atoms with Crippen LogP contribution in [0.2, 0.25) is 0 Å². The number of carbonyl (C=O) groups is 1. The van der Waals surface area contributed by atoms with Crippen LogP contribution in [0.1, 0.15) is 17.2 Å². The van der Waals surface area contributed by atoms with Gasteiger partial charge in [0.05, 0.1) is 43.7 Å². The van der Waals surface area contributed by atoms with Gasteiger partial charge in [-0.2, -0.15) is 5.26 Å². The zero-order valence-corrected chi connectivity index (χ0v) is 24.6. The van der Waals surface area contributed by atoms with Crippen molar-refractivity contribution in [2.24, 2.45) is 0 Å². The second-order valence-electron chi connectivity index (χ2n) is 10.3. The molecule has 0 radical (unpaired) electrons. The predicted octanol–water partition coefficient (Wildman–Crippen LogP) is 1.64. The summed E-state index contributed by atoms with van der Waals surface area (Å²) in [5.41, 5.74) is 0.390. The molecule has 3 heterocycles. The molecule has 5 unspecified atom stereocenters. The van der Waals surface area contributed by atoms with Crippen LogP contribution in [0.15, 0.2) is 41.0 Å². The Morgan fingerprint density at radius 1 is 1.26 bits per heavy atom. The molecule has 43 heavy (non-hydrogen) atoms. The molecule has 7 atom stereocenters. The molecule has 0 spiro atoms. The van der Waals surface area contributed by atoms with E-state index in [0.29, 0.717) is 4.47 Å². The van der Waals surface area contributed by atoms with Crippen LogP contribution in [0.25, 0.3) is 11.3 Å². The van der Waals surface area contributed by atoms with Gasteiger partial charge in [0.1, 0.15) is 36.2 Å². The number of hydrogen-bond donors (Lipinski definition) is 3. The van der Waals surface area contributed by atoms with Crippen LogP contribution in [0, 0.1) is 29.9 Å². The van der Waals surface area contributed by atoms with Crippen LogP contribution in [-0.4, -0.2) is 99.7 Å². The van der Waals surface area contributed by atoms with E-state index in [0.717, 1.165) is 4.68 Å². The predicted molar refractivity (Wildman–Crippen MR) is 149 cm³/mol. The fourth-order valence-electron chi connectivity index (χ4n) is 5.42. The van der Waals surface area contributed by atoms with Crippen molar-refractivity contribution in [3.63, 3.8) is 0 Å². The van der Waals surface area contributed by atoms with Crippen LogP contribution in [0.4, 0.5) is 14.5 Å². The summed E-state index contributed by atoms with van der Waals surface area (Å²) < 4.78 is 47.7. The van der Waals surface area contributed by atoms with Crippen molar-refractivity contribution in [2.75, 3.05) is 31.8 Å². The van der Waals surface area contributed by atoms with E-state index >= 15 is 0 Å². The van der Waals surface area contributed by atoms with Gasteiger partial charge in [0.2, 0.25) is 0 Å². The number of nitriles is 1. The van der Waals surface area contributed by atoms with Crippen molar-refractivity contribution < 1.29 is 43.1 Å². The Hall–Kier alpha value is -3.36. The van der Waals surface area contributed by atoms with E-state index in [-0.39, 0.29) is 41.3 Å². The van der Waals surface area contributed by atoms with Gasteiger partial charge >= 0.3 is 0 Å². The molecular weight excluding hydrogens is 636 g/mol. The number of rotatable bonds is 7. The van der Waals surface area contributed by atoms with E-state index < -0.39 is 66.8 Å². The first-order valence-corrected chi connectivity index (χ1v) is 14.0. The van der Waals surface area contributed by atoms with E-state index in [1.807, 2.05) is 6.07 Å². The van der Waals surface area contributed by atoms with Crippen molar-refractivity contribution in [3.05, 3.63) is 63.8 Å². The monoisotopic (exact) mass is 663 g/mol. The SMILES string of the molecule is COC1C(C(=O)N(c2cc(Br)cc(C#N)c2)[C@@H]2COC[C@H]2O)OC(CO)C(O)C1n1cc(-c2ccc(C)c(F)c2F)nn1. The average molecular weight is 664 g/mol. The van der Waals surface area contributed by atoms with Gasteiger partial charge in [-0.3, -0.25) is 4.79 Å². The number of aliphatic hydroxyl groups is 3. The van der Waals surface area contributed by atoms with Gasteiger partial charge in [0.15, 0.2) is 17.7 Å². The van der Waals surface area contributed by atoms with Crippen molar-refractivity contribution >= 4 is 27.5 Å². The Bertz CT molecular complexity index is 1550. The van der Waals surface area contributed by atoms with Crippen LogP contribution in [-0.2, 0) is 19.0 Å². The number of amides is 1. The first-order valence-electron chi connectivity index (χ1n) is 13.2. The number of aromatic nitrogens is 3. The second kappa shape index (κ2) is 12.7. The lowest BCUT2D eigenvalue weighted by Gasteiger charge is -2.45. The number of anilines is 1. The number of ether oxygens (including phenoxy) is 3. The number of benzene rings is 2. The summed E-state index contributed by atoms with van der Waals surface area (Å²) in [6.07, 6.45) is -5.30. The lowest BCUT2D eigenvalue weighted by Crippen LogP contribution is -2.63. The third kappa shape index (κ3) is 5.79. The lowest BCUT2D eigenvalue weighted by atomic mass is 9.91. The van der Waals surface area contributed by atoms with E-state index in [4.69, 9.17) is 14.2 Å². The molecule has 2 fully saturated rings. The molecule has 2 aliphatic rings. The smallest absolute Gasteiger partial charge is 0.259 e. The molecule has 0 saturated carbocycles. The molecule has 5 rings (SSSR count). The molecular formula is C28H28BrF2N5O7. The molecule has 15 heteroatoms. The van der Waals surface area contributed by atoms with Gasteiger partial charge in [0, 0.05) is 22.8 Å². The van der Waals surface area contributed by atoms with Gasteiger partial charge < -0.3 is 34.4 Å². The molecule has 0 aliphatic carbocycles. The maximum atomic E-state index is 14.7. The Morgan fingerprint density at radius 3 is 2.67 bits per heavy atom. The number of nitrogens with zero attached hydrogens (tertiary/aromatic N) is 5. The maximum Gasteiger partial charge on any atom is 0.259 e. The lowest BCUT2D eigenvalue weighted by molar-refractivity contribution is -0.211. The highest BCUT2D eigenvalue weighted by atomic mass is 79.9. The van der Waals surface area contributed by atoms with Crippen LogP contribution in [0.5, 0.6) is 0 Å². The molecule has 2 saturated heterocycles. The van der Waals surface area contributed by atoms with Gasteiger partial charge in [-0.05, 0) is 36.8 Å². The van der Waals surface area contributed by atoms with Crippen molar-refractivity contribution in [1.29, 1.82) is 5.26 Å². The largest absolute Gasteiger partial charge is 0.394 e. The third-order valence-corrected chi connectivity index (χ3v) is 8.09. The number of halogens is 3. The normalized spacial score (nSPS) is 27.2. The summed E-state index contributed by atoms with van der Waals surface area (Å²) in [7, 11) is 1.28. The Morgan fingerprint density at radius 2 is 2.02 bits per heavy atom. The first kappa shape index (κ1) is 31.1. The van der Waals surface area contributed by atoms with Crippen molar-refractivity contribution in [3.8, 4) is 17.3 Å². The highest BCUT2D eigenvalue weighted by Crippen LogP contribution is 2.36. The minimum absolute atomic E-state index is 0.0216. The van der Waals surface area contributed by atoms with E-state index in [2.05, 4.69) is 26.2 Å². The molecule has 228 valence electrons. The highest BCUT2D eigenvalue weighted by Gasteiger charge is 2.52. The molecule has 1 aromatic heterocycles. The number of aryl methyl sites for hydroxylation is 1. The Balaban J connectivity index is 1.56. The summed E-state index contributed by atoms with van der Waals surface area (Å²) in [6.45, 7) is 0.668. The molecule has 1 amide bonds. The van der Waals surface area contributed by atoms with E-state index in [9.17, 15) is 34.2 Å². The van der Waals surface area contributed by atoms with Crippen LogP contribution >= 0.6 is 15.9 Å². The van der Waals surface area contributed by atoms with E-state index in [1.165, 1.54) is 43.3 Å². The van der Waals surface area contributed by atoms with Gasteiger partial charge in [-0.25, -0.2) is 13.5 Å². The quantitative estimate of drug-likeness (QED) is 0.339. The standard InChI is InChI=1S/C28H28BrF2N5O7/c1-13-3-4-17(23(31)22(13)30)18-9-35(34-33-18)24-25(39)21(10-37)43-27(26(24)41-2)28(40)36(19-11-42-12-20(19)38)16-6-14(8-32)5-15(29)7-16/h3-7,9,19-21,24-27,37-39H,10-12H2,1-2H3/t19-,20-,21?,24?,25?,26?,27?/m1/s1. The zero-order valence-electron chi connectivity index (χ0n) is 23.0. The fourth-order valence-corrected chi connectivity index (χ4v) is 5.91. The molecule has 2 aromatic carbocycles. The van der Waals surface area contributed by atoms with E-state index in [1.54, 1.807) is 12.1 Å². The molecule has 12 nitrogen and oxygen atoms in total. The maximum absolute atomic E-state index is 14.7. The van der Waals surface area contributed by atoms with Crippen LogP contribution in [0.3, 0.4) is 0 Å². The summed E-state index contributed by atoms with van der Waals surface area (Å²) in [5, 5.41) is 49.5. The average Bonchev–Trinajstić information content (AvgIpc) is 3.64. The number of carbonyl (C=O) groups excluding carboxylic acids is 1. The van der Waals surface area contributed by atoms with Gasteiger partial charge in [0.25, 0.3) is 5.91 Å². The Kier molecular flexibility index (Phi) is 9.18. The minimum Gasteiger partial charge on any atom is -0.394 e. The van der Waals surface area contributed by atoms with Crippen LogP contribution < -0.4 is 4.90 Å². The Labute approximate surface area is 253 Å². The number of hydrogen-bond acceptors (Lipinski definition) is 10. The zero-order chi connectivity index (χ0) is 31.0. The molecule has 0 bridgehead atoms. The number of methoxy groups -OCH3 is 1. The highest BCUT2D eigenvalue weighted by molar-refractivity contribution is 9.10. The fraction of sp³-hybridized carbons (Fsp3) is 0.429. The first-order chi connectivity index (χ1) is 20.6. The summed E-state index contributed by atoms with van der Waals surface area (Å²) in [6, 6.07) is 7.32. The summed E-state index contributed by atoms with van der Waals surface area (Å²) in [4.78, 5) is 15.6. The van der Waals surface area contributed by atoms with Crippen molar-refractivity contribution in [2.45, 2.75) is 49.5 Å². The minimum atomic E-state index is -1.48. The van der Waals surface area contributed by atoms with Gasteiger partial charge in [-0.1, -0.05) is 27.2 Å². The molecule has 3 aromatic rings. The second-order valence-corrected chi connectivity index (χ2v) is 11.2.